The Morgan fingerprint density at radius 3 is 3.08 bits per heavy atom. The summed E-state index contributed by atoms with van der Waals surface area (Å²) < 4.78 is 4.99. The minimum atomic E-state index is -0.114. The monoisotopic (exact) mass is 179 g/mol. The number of hydrogen-bond acceptors (Lipinski definition) is 5. The summed E-state index contributed by atoms with van der Waals surface area (Å²) in [5.74, 6) is 0.200. The van der Waals surface area contributed by atoms with Gasteiger partial charge in [-0.15, -0.1) is 0 Å². The van der Waals surface area contributed by atoms with Gasteiger partial charge in [0.05, 0.1) is 18.5 Å². The minimum absolute atomic E-state index is 0.114. The van der Waals surface area contributed by atoms with Crippen LogP contribution in [-0.2, 0) is 0 Å². The van der Waals surface area contributed by atoms with E-state index in [1.165, 1.54) is 12.3 Å². The molecule has 0 amide bonds. The molecule has 0 aliphatic carbocycles. The summed E-state index contributed by atoms with van der Waals surface area (Å²) in [7, 11) is 0. The van der Waals surface area contributed by atoms with Gasteiger partial charge >= 0.3 is 0 Å². The highest BCUT2D eigenvalue weighted by molar-refractivity contribution is 5.48. The Morgan fingerprint density at radius 2 is 2.46 bits per heavy atom. The van der Waals surface area contributed by atoms with Crippen molar-refractivity contribution >= 4 is 5.69 Å². The Hall–Kier alpha value is -1.80. The number of nitrogen functional groups attached to an aromatic ring is 1. The number of pyridine rings is 1. The van der Waals surface area contributed by atoms with E-state index in [2.05, 4.69) is 4.98 Å². The Bertz CT molecular complexity index is 333. The molecule has 3 N–H and O–H groups in total. The second-order valence-corrected chi connectivity index (χ2v) is 2.31. The van der Waals surface area contributed by atoms with Crippen molar-refractivity contribution < 1.29 is 9.84 Å². The molecular formula is C8H9N3O2. The van der Waals surface area contributed by atoms with E-state index < -0.39 is 0 Å². The molecule has 0 bridgehead atoms. The molecule has 0 saturated heterocycles. The molecule has 0 spiro atoms. The van der Waals surface area contributed by atoms with Crippen molar-refractivity contribution in [2.75, 3.05) is 18.9 Å². The van der Waals surface area contributed by atoms with Crippen LogP contribution in [0.5, 0.6) is 5.88 Å². The van der Waals surface area contributed by atoms with E-state index in [0.29, 0.717) is 5.69 Å². The first kappa shape index (κ1) is 9.29. The van der Waals surface area contributed by atoms with Crippen LogP contribution in [0, 0.1) is 11.3 Å². The van der Waals surface area contributed by atoms with Gasteiger partial charge in [-0.3, -0.25) is 0 Å². The van der Waals surface area contributed by atoms with Crippen molar-refractivity contribution in [3.8, 4) is 11.9 Å². The predicted molar refractivity (Wildman–Crippen MR) is 45.9 cm³/mol. The molecule has 0 aliphatic heterocycles. The number of anilines is 1. The van der Waals surface area contributed by atoms with Crippen LogP contribution in [0.2, 0.25) is 0 Å². The Balaban J connectivity index is 2.88. The second-order valence-electron chi connectivity index (χ2n) is 2.31. The van der Waals surface area contributed by atoms with E-state index in [4.69, 9.17) is 20.8 Å². The number of nitriles is 1. The van der Waals surface area contributed by atoms with E-state index >= 15 is 0 Å². The maximum absolute atomic E-state index is 8.65. The first-order valence-electron chi connectivity index (χ1n) is 3.67. The molecule has 5 nitrogen and oxygen atoms in total. The second kappa shape index (κ2) is 4.28. The van der Waals surface area contributed by atoms with Gasteiger partial charge in [-0.05, 0) is 6.07 Å². The fourth-order valence-corrected chi connectivity index (χ4v) is 0.806. The Morgan fingerprint density at radius 1 is 1.69 bits per heavy atom. The van der Waals surface area contributed by atoms with Crippen molar-refractivity contribution in [2.24, 2.45) is 0 Å². The molecule has 0 aromatic carbocycles. The summed E-state index contributed by atoms with van der Waals surface area (Å²) in [5, 5.41) is 17.1. The Labute approximate surface area is 75.4 Å². The number of hydrogen-bond donors (Lipinski definition) is 2. The zero-order valence-electron chi connectivity index (χ0n) is 6.90. The molecule has 0 unspecified atom stereocenters. The standard InChI is InChI=1S/C8H9N3O2/c9-4-6-3-7(10)5-11-8(6)13-2-1-12/h3,5,12H,1-2,10H2. The maximum atomic E-state index is 8.65. The molecule has 1 heterocycles. The lowest BCUT2D eigenvalue weighted by Gasteiger charge is -2.04. The van der Waals surface area contributed by atoms with Gasteiger partial charge in [0.1, 0.15) is 18.2 Å². The normalized spacial score (nSPS) is 9.23. The summed E-state index contributed by atoms with van der Waals surface area (Å²) in [6.45, 7) is 0.00250. The predicted octanol–water partition coefficient (Wildman–Crippen LogP) is -0.0934. The van der Waals surface area contributed by atoms with Gasteiger partial charge in [0.2, 0.25) is 5.88 Å². The molecule has 0 fully saturated rings. The lowest BCUT2D eigenvalue weighted by Crippen LogP contribution is -2.05. The van der Waals surface area contributed by atoms with E-state index in [1.54, 1.807) is 0 Å². The van der Waals surface area contributed by atoms with E-state index in [9.17, 15) is 0 Å². The van der Waals surface area contributed by atoms with Crippen LogP contribution in [0.1, 0.15) is 5.56 Å². The third kappa shape index (κ3) is 2.32. The van der Waals surface area contributed by atoms with Crippen LogP contribution in [-0.4, -0.2) is 23.3 Å². The SMILES string of the molecule is N#Cc1cc(N)cnc1OCCO. The minimum Gasteiger partial charge on any atom is -0.474 e. The summed E-state index contributed by atoms with van der Waals surface area (Å²) in [4.78, 5) is 3.81. The van der Waals surface area contributed by atoms with Gasteiger partial charge in [0.15, 0.2) is 0 Å². The van der Waals surface area contributed by atoms with Gasteiger partial charge in [-0.1, -0.05) is 0 Å². The van der Waals surface area contributed by atoms with Crippen molar-refractivity contribution in [2.45, 2.75) is 0 Å². The molecule has 0 aliphatic rings. The van der Waals surface area contributed by atoms with Gasteiger partial charge in [0.25, 0.3) is 0 Å². The summed E-state index contributed by atoms with van der Waals surface area (Å²) in [6, 6.07) is 3.37. The highest BCUT2D eigenvalue weighted by atomic mass is 16.5. The molecule has 0 atom stereocenters. The number of nitrogens with two attached hydrogens (primary N) is 1. The first-order valence-corrected chi connectivity index (χ1v) is 3.67. The third-order valence-electron chi connectivity index (χ3n) is 1.32. The number of aliphatic hydroxyl groups excluding tert-OH is 1. The number of rotatable bonds is 3. The van der Waals surface area contributed by atoms with Crippen LogP contribution in [0.25, 0.3) is 0 Å². The van der Waals surface area contributed by atoms with Crippen LogP contribution in [0.3, 0.4) is 0 Å². The molecule has 0 saturated carbocycles. The smallest absolute Gasteiger partial charge is 0.231 e. The summed E-state index contributed by atoms with van der Waals surface area (Å²) in [6.07, 6.45) is 1.40. The molecular weight excluding hydrogens is 170 g/mol. The number of nitrogens with zero attached hydrogens (tertiary/aromatic N) is 2. The van der Waals surface area contributed by atoms with Crippen LogP contribution in [0.15, 0.2) is 12.3 Å². The van der Waals surface area contributed by atoms with Gasteiger partial charge < -0.3 is 15.6 Å². The highest BCUT2D eigenvalue weighted by Gasteiger charge is 2.04. The molecule has 5 heteroatoms. The van der Waals surface area contributed by atoms with Crippen molar-refractivity contribution in [1.29, 1.82) is 5.26 Å². The highest BCUT2D eigenvalue weighted by Crippen LogP contribution is 2.16. The summed E-state index contributed by atoms with van der Waals surface area (Å²) in [5.41, 5.74) is 6.09. The van der Waals surface area contributed by atoms with E-state index in [-0.39, 0.29) is 24.7 Å². The molecule has 1 rings (SSSR count). The quantitative estimate of drug-likeness (QED) is 0.676. The van der Waals surface area contributed by atoms with Crippen LogP contribution < -0.4 is 10.5 Å². The fourth-order valence-electron chi connectivity index (χ4n) is 0.806. The van der Waals surface area contributed by atoms with E-state index in [0.717, 1.165) is 0 Å². The lowest BCUT2D eigenvalue weighted by atomic mass is 10.3. The first-order chi connectivity index (χ1) is 6.27. The molecule has 68 valence electrons. The number of ether oxygens (including phenoxy) is 1. The average molecular weight is 179 g/mol. The fraction of sp³-hybridized carbons (Fsp3) is 0.250. The van der Waals surface area contributed by atoms with Gasteiger partial charge in [-0.25, -0.2) is 4.98 Å². The third-order valence-corrected chi connectivity index (χ3v) is 1.32. The summed E-state index contributed by atoms with van der Waals surface area (Å²) >= 11 is 0. The molecule has 1 aromatic heterocycles. The number of aliphatic hydroxyl groups is 1. The van der Waals surface area contributed by atoms with Gasteiger partial charge in [-0.2, -0.15) is 5.26 Å². The molecule has 0 radical (unpaired) electrons. The number of aromatic nitrogens is 1. The van der Waals surface area contributed by atoms with Crippen LogP contribution in [0.4, 0.5) is 5.69 Å². The zero-order valence-corrected chi connectivity index (χ0v) is 6.90. The largest absolute Gasteiger partial charge is 0.474 e. The van der Waals surface area contributed by atoms with E-state index in [1.807, 2.05) is 6.07 Å². The lowest BCUT2D eigenvalue weighted by molar-refractivity contribution is 0.196. The zero-order chi connectivity index (χ0) is 9.68. The van der Waals surface area contributed by atoms with Crippen molar-refractivity contribution in [3.05, 3.63) is 17.8 Å². The van der Waals surface area contributed by atoms with Crippen LogP contribution >= 0.6 is 0 Å². The maximum Gasteiger partial charge on any atom is 0.231 e. The van der Waals surface area contributed by atoms with Crippen molar-refractivity contribution in [1.82, 2.24) is 4.98 Å². The van der Waals surface area contributed by atoms with Crippen molar-refractivity contribution in [3.63, 3.8) is 0 Å². The Kier molecular flexibility index (Phi) is 3.06. The topological polar surface area (TPSA) is 92.2 Å². The molecule has 13 heavy (non-hydrogen) atoms. The molecule has 1 aromatic rings. The average Bonchev–Trinajstić information content (AvgIpc) is 2.16. The van der Waals surface area contributed by atoms with Gasteiger partial charge in [0, 0.05) is 0 Å².